The summed E-state index contributed by atoms with van der Waals surface area (Å²) in [7, 11) is 1.65. The summed E-state index contributed by atoms with van der Waals surface area (Å²) in [4.78, 5) is 4.44. The molecule has 0 saturated heterocycles. The summed E-state index contributed by atoms with van der Waals surface area (Å²) in [6.07, 6.45) is 0. The van der Waals surface area contributed by atoms with Crippen LogP contribution in [0.15, 0.2) is 28.7 Å². The molecule has 0 atom stereocenters. The number of alkyl halides is 1. The summed E-state index contributed by atoms with van der Waals surface area (Å²) >= 11 is 2.28. The van der Waals surface area contributed by atoms with Gasteiger partial charge in [-0.1, -0.05) is 28.7 Å². The number of aromatic nitrogens is 1. The molecule has 0 aliphatic heterocycles. The van der Waals surface area contributed by atoms with Crippen LogP contribution in [0.25, 0.3) is 11.5 Å². The molecule has 0 amide bonds. The van der Waals surface area contributed by atoms with Crippen LogP contribution >= 0.6 is 22.6 Å². The summed E-state index contributed by atoms with van der Waals surface area (Å²) in [5, 5.41) is 0. The second-order valence-electron chi connectivity index (χ2n) is 3.39. The molecule has 0 bridgehead atoms. The zero-order valence-corrected chi connectivity index (χ0v) is 11.3. The molecule has 3 nitrogen and oxygen atoms in total. The quantitative estimate of drug-likeness (QED) is 0.638. The van der Waals surface area contributed by atoms with Crippen LogP contribution in [0.1, 0.15) is 11.5 Å². The van der Waals surface area contributed by atoms with Crippen molar-refractivity contribution in [2.24, 2.45) is 0 Å². The first-order chi connectivity index (χ1) is 7.74. The van der Waals surface area contributed by atoms with Gasteiger partial charge in [0.2, 0.25) is 5.89 Å². The van der Waals surface area contributed by atoms with Gasteiger partial charge >= 0.3 is 0 Å². The number of methoxy groups -OCH3 is 1. The molecular weight excluding hydrogens is 317 g/mol. The van der Waals surface area contributed by atoms with E-state index in [4.69, 9.17) is 9.15 Å². The number of benzene rings is 1. The first-order valence-electron chi connectivity index (χ1n) is 4.91. The number of nitrogens with zero attached hydrogens (tertiary/aromatic N) is 1. The number of aryl methyl sites for hydroxylation is 1. The molecule has 0 saturated carbocycles. The summed E-state index contributed by atoms with van der Waals surface area (Å²) in [6.45, 7) is 1.94. The molecule has 0 aliphatic carbocycles. The van der Waals surface area contributed by atoms with Crippen molar-refractivity contribution in [3.8, 4) is 17.2 Å². The van der Waals surface area contributed by atoms with E-state index in [1.165, 1.54) is 0 Å². The fourth-order valence-corrected chi connectivity index (χ4v) is 2.14. The van der Waals surface area contributed by atoms with E-state index in [9.17, 15) is 0 Å². The van der Waals surface area contributed by atoms with Crippen molar-refractivity contribution < 1.29 is 9.15 Å². The van der Waals surface area contributed by atoms with Gasteiger partial charge in [-0.05, 0) is 25.1 Å². The van der Waals surface area contributed by atoms with Crippen LogP contribution in [-0.2, 0) is 4.43 Å². The van der Waals surface area contributed by atoms with Gasteiger partial charge in [0.15, 0.2) is 0 Å². The summed E-state index contributed by atoms with van der Waals surface area (Å²) in [5.74, 6) is 2.35. The second kappa shape index (κ2) is 4.86. The highest BCUT2D eigenvalue weighted by molar-refractivity contribution is 14.1. The molecule has 2 rings (SSSR count). The van der Waals surface area contributed by atoms with Gasteiger partial charge in [0.05, 0.1) is 12.8 Å². The minimum atomic E-state index is 0.656. The van der Waals surface area contributed by atoms with Gasteiger partial charge in [0.25, 0.3) is 0 Å². The third-order valence-electron chi connectivity index (χ3n) is 2.34. The Bertz CT molecular complexity index is 494. The lowest BCUT2D eigenvalue weighted by atomic mass is 10.2. The zero-order chi connectivity index (χ0) is 11.5. The fraction of sp³-hybridized carbons (Fsp3) is 0.250. The second-order valence-corrected chi connectivity index (χ2v) is 4.15. The molecule has 16 heavy (non-hydrogen) atoms. The van der Waals surface area contributed by atoms with Crippen molar-refractivity contribution >= 4 is 22.6 Å². The van der Waals surface area contributed by atoms with Crippen molar-refractivity contribution in [1.29, 1.82) is 0 Å². The van der Waals surface area contributed by atoms with Gasteiger partial charge in [-0.15, -0.1) is 0 Å². The van der Waals surface area contributed by atoms with Gasteiger partial charge in [0, 0.05) is 9.99 Å². The van der Waals surface area contributed by atoms with Crippen LogP contribution in [0.2, 0.25) is 0 Å². The molecule has 2 aromatic rings. The van der Waals surface area contributed by atoms with Crippen molar-refractivity contribution in [2.75, 3.05) is 7.11 Å². The number of hydrogen-bond acceptors (Lipinski definition) is 3. The summed E-state index contributed by atoms with van der Waals surface area (Å²) in [6, 6.07) is 7.71. The third kappa shape index (κ3) is 2.21. The average Bonchev–Trinajstić information content (AvgIpc) is 2.71. The van der Waals surface area contributed by atoms with Crippen LogP contribution in [0.3, 0.4) is 0 Å². The van der Waals surface area contributed by atoms with Crippen molar-refractivity contribution in [2.45, 2.75) is 11.4 Å². The Hall–Kier alpha value is -1.04. The van der Waals surface area contributed by atoms with Gasteiger partial charge < -0.3 is 9.15 Å². The Balaban J connectivity index is 2.41. The lowest BCUT2D eigenvalue weighted by molar-refractivity contribution is 0.414. The molecule has 0 fully saturated rings. The Morgan fingerprint density at radius 3 is 2.88 bits per heavy atom. The first kappa shape index (κ1) is 11.4. The fourth-order valence-electron chi connectivity index (χ4n) is 1.43. The molecule has 4 heteroatoms. The van der Waals surface area contributed by atoms with Gasteiger partial charge in [-0.2, -0.15) is 0 Å². The first-order valence-corrected chi connectivity index (χ1v) is 6.44. The lowest BCUT2D eigenvalue weighted by Crippen LogP contribution is -1.84. The van der Waals surface area contributed by atoms with Gasteiger partial charge in [-0.25, -0.2) is 4.98 Å². The number of rotatable bonds is 3. The minimum Gasteiger partial charge on any atom is -0.497 e. The van der Waals surface area contributed by atoms with Gasteiger partial charge in [0.1, 0.15) is 11.5 Å². The molecule has 0 unspecified atom stereocenters. The van der Waals surface area contributed by atoms with E-state index in [-0.39, 0.29) is 0 Å². The molecule has 84 valence electrons. The van der Waals surface area contributed by atoms with E-state index in [0.29, 0.717) is 5.89 Å². The molecular formula is C12H12INO2. The van der Waals surface area contributed by atoms with E-state index in [2.05, 4.69) is 27.6 Å². The topological polar surface area (TPSA) is 35.3 Å². The highest BCUT2D eigenvalue weighted by Crippen LogP contribution is 2.25. The largest absolute Gasteiger partial charge is 0.497 e. The molecule has 0 N–H and O–H groups in total. The SMILES string of the molecule is COc1cccc(-c2nc(CI)c(C)o2)c1. The summed E-state index contributed by atoms with van der Waals surface area (Å²) < 4.78 is 11.6. The van der Waals surface area contributed by atoms with Crippen LogP contribution < -0.4 is 4.74 Å². The monoisotopic (exact) mass is 329 g/mol. The number of halogens is 1. The Morgan fingerprint density at radius 1 is 1.44 bits per heavy atom. The van der Waals surface area contributed by atoms with Crippen molar-refractivity contribution in [3.63, 3.8) is 0 Å². The van der Waals surface area contributed by atoms with E-state index in [0.717, 1.165) is 27.2 Å². The maximum Gasteiger partial charge on any atom is 0.226 e. The van der Waals surface area contributed by atoms with E-state index >= 15 is 0 Å². The standard InChI is InChI=1S/C12H12INO2/c1-8-11(7-13)14-12(16-8)9-4-3-5-10(6-9)15-2/h3-6H,7H2,1-2H3. The molecule has 1 aromatic carbocycles. The maximum absolute atomic E-state index is 5.62. The van der Waals surface area contributed by atoms with E-state index in [1.807, 2.05) is 31.2 Å². The van der Waals surface area contributed by atoms with Crippen LogP contribution in [0, 0.1) is 6.92 Å². The Kier molecular flexibility index (Phi) is 3.48. The van der Waals surface area contributed by atoms with E-state index < -0.39 is 0 Å². The summed E-state index contributed by atoms with van der Waals surface area (Å²) in [5.41, 5.74) is 1.94. The van der Waals surface area contributed by atoms with Crippen molar-refractivity contribution in [3.05, 3.63) is 35.7 Å². The molecule has 0 radical (unpaired) electrons. The minimum absolute atomic E-state index is 0.656. The number of oxazole rings is 1. The highest BCUT2D eigenvalue weighted by Gasteiger charge is 2.10. The highest BCUT2D eigenvalue weighted by atomic mass is 127. The normalized spacial score (nSPS) is 10.4. The molecule has 1 heterocycles. The number of hydrogen-bond donors (Lipinski definition) is 0. The van der Waals surface area contributed by atoms with Crippen LogP contribution in [-0.4, -0.2) is 12.1 Å². The number of ether oxygens (including phenoxy) is 1. The predicted molar refractivity (Wildman–Crippen MR) is 71.0 cm³/mol. The van der Waals surface area contributed by atoms with E-state index in [1.54, 1.807) is 7.11 Å². The molecule has 0 aliphatic rings. The third-order valence-corrected chi connectivity index (χ3v) is 3.06. The predicted octanol–water partition coefficient (Wildman–Crippen LogP) is 3.59. The maximum atomic E-state index is 5.62. The molecule has 0 spiro atoms. The van der Waals surface area contributed by atoms with Crippen molar-refractivity contribution in [1.82, 2.24) is 4.98 Å². The smallest absolute Gasteiger partial charge is 0.226 e. The lowest BCUT2D eigenvalue weighted by Gasteiger charge is -2.00. The van der Waals surface area contributed by atoms with Gasteiger partial charge in [-0.3, -0.25) is 0 Å². The zero-order valence-electron chi connectivity index (χ0n) is 9.16. The van der Waals surface area contributed by atoms with Crippen LogP contribution in [0.4, 0.5) is 0 Å². The Labute approximate surface area is 108 Å². The average molecular weight is 329 g/mol. The molecule has 1 aromatic heterocycles. The Morgan fingerprint density at radius 2 is 2.25 bits per heavy atom. The van der Waals surface area contributed by atoms with Crippen LogP contribution in [0.5, 0.6) is 5.75 Å².